The first kappa shape index (κ1) is 11.9. The molecule has 0 aliphatic carbocycles. The number of halogens is 1. The summed E-state index contributed by atoms with van der Waals surface area (Å²) in [6, 6.07) is 9.49. The van der Waals surface area contributed by atoms with Crippen LogP contribution in [0.3, 0.4) is 0 Å². The molecule has 1 aromatic carbocycles. The minimum absolute atomic E-state index is 0.0157. The number of rotatable bonds is 5. The zero-order valence-electron chi connectivity index (χ0n) is 8.65. The van der Waals surface area contributed by atoms with Gasteiger partial charge < -0.3 is 9.64 Å². The smallest absolute Gasteiger partial charge is 0.237 e. The Morgan fingerprint density at radius 1 is 1.40 bits per heavy atom. The molecule has 1 amide bonds. The van der Waals surface area contributed by atoms with Crippen LogP contribution in [0.1, 0.15) is 0 Å². The van der Waals surface area contributed by atoms with Gasteiger partial charge in [0.1, 0.15) is 18.2 Å². The van der Waals surface area contributed by atoms with Crippen molar-refractivity contribution in [2.45, 2.75) is 0 Å². The van der Waals surface area contributed by atoms with Gasteiger partial charge >= 0.3 is 0 Å². The second kappa shape index (κ2) is 6.30. The molecule has 0 radical (unpaired) electrons. The third-order valence-electron chi connectivity index (χ3n) is 1.98. The third kappa shape index (κ3) is 4.21. The van der Waals surface area contributed by atoms with Gasteiger partial charge in [-0.25, -0.2) is 0 Å². The van der Waals surface area contributed by atoms with Crippen LogP contribution in [0.2, 0.25) is 0 Å². The van der Waals surface area contributed by atoms with Crippen molar-refractivity contribution in [3.63, 3.8) is 0 Å². The number of ether oxygens (including phenoxy) is 1. The molecule has 0 atom stereocenters. The summed E-state index contributed by atoms with van der Waals surface area (Å²) in [5.74, 6) is 0.736. The van der Waals surface area contributed by atoms with Crippen LogP contribution in [0.5, 0.6) is 5.75 Å². The number of carbonyl (C=O) groups excluding carboxylic acids is 1. The summed E-state index contributed by atoms with van der Waals surface area (Å²) in [7, 11) is 1.71. The van der Waals surface area contributed by atoms with E-state index in [9.17, 15) is 4.79 Å². The van der Waals surface area contributed by atoms with Crippen molar-refractivity contribution in [1.82, 2.24) is 4.90 Å². The van der Waals surface area contributed by atoms with Crippen molar-refractivity contribution >= 4 is 17.5 Å². The van der Waals surface area contributed by atoms with E-state index in [2.05, 4.69) is 0 Å². The maximum atomic E-state index is 11.1. The first-order valence-electron chi connectivity index (χ1n) is 4.72. The monoisotopic (exact) mass is 227 g/mol. The molecule has 0 unspecified atom stereocenters. The second-order valence-electron chi connectivity index (χ2n) is 3.11. The fraction of sp³-hybridized carbons (Fsp3) is 0.364. The lowest BCUT2D eigenvalue weighted by Crippen LogP contribution is -2.31. The lowest BCUT2D eigenvalue weighted by Gasteiger charge is -2.15. The van der Waals surface area contributed by atoms with Crippen LogP contribution in [0.4, 0.5) is 0 Å². The van der Waals surface area contributed by atoms with E-state index in [-0.39, 0.29) is 11.8 Å². The van der Waals surface area contributed by atoms with E-state index < -0.39 is 0 Å². The number of hydrogen-bond acceptors (Lipinski definition) is 2. The van der Waals surface area contributed by atoms with Crippen molar-refractivity contribution < 1.29 is 9.53 Å². The number of nitrogens with zero attached hydrogens (tertiary/aromatic N) is 1. The fourth-order valence-electron chi connectivity index (χ4n) is 1.04. The molecule has 0 bridgehead atoms. The van der Waals surface area contributed by atoms with Crippen LogP contribution in [-0.2, 0) is 4.79 Å². The Kier molecular flexibility index (Phi) is 4.98. The minimum atomic E-state index is -0.0895. The van der Waals surface area contributed by atoms with Crippen molar-refractivity contribution in [3.05, 3.63) is 30.3 Å². The number of carbonyl (C=O) groups is 1. The Morgan fingerprint density at radius 2 is 2.07 bits per heavy atom. The zero-order chi connectivity index (χ0) is 11.1. The van der Waals surface area contributed by atoms with E-state index in [1.165, 1.54) is 0 Å². The molecule has 0 saturated heterocycles. The molecular formula is C11H14ClNO2. The highest BCUT2D eigenvalue weighted by molar-refractivity contribution is 6.27. The van der Waals surface area contributed by atoms with Gasteiger partial charge in [0, 0.05) is 7.05 Å². The maximum Gasteiger partial charge on any atom is 0.237 e. The molecule has 15 heavy (non-hydrogen) atoms. The first-order chi connectivity index (χ1) is 7.24. The summed E-state index contributed by atoms with van der Waals surface area (Å²) in [5.41, 5.74) is 0. The average Bonchev–Trinajstić information content (AvgIpc) is 2.29. The molecule has 4 heteroatoms. The normalized spacial score (nSPS) is 9.73. The van der Waals surface area contributed by atoms with E-state index in [1.807, 2.05) is 30.3 Å². The van der Waals surface area contributed by atoms with Crippen molar-refractivity contribution in [1.29, 1.82) is 0 Å². The van der Waals surface area contributed by atoms with Crippen LogP contribution in [0.15, 0.2) is 30.3 Å². The minimum Gasteiger partial charge on any atom is -0.492 e. The number of alkyl halides is 1. The Bertz CT molecular complexity index is 303. The highest BCUT2D eigenvalue weighted by Gasteiger charge is 2.05. The van der Waals surface area contributed by atoms with E-state index in [0.29, 0.717) is 13.2 Å². The summed E-state index contributed by atoms with van der Waals surface area (Å²) in [5, 5.41) is 0. The van der Waals surface area contributed by atoms with Gasteiger partial charge in [-0.05, 0) is 12.1 Å². The third-order valence-corrected chi connectivity index (χ3v) is 2.21. The molecule has 0 spiro atoms. The highest BCUT2D eigenvalue weighted by atomic mass is 35.5. The van der Waals surface area contributed by atoms with E-state index in [1.54, 1.807) is 11.9 Å². The maximum absolute atomic E-state index is 11.1. The predicted octanol–water partition coefficient (Wildman–Crippen LogP) is 1.76. The summed E-state index contributed by atoms with van der Waals surface area (Å²) in [4.78, 5) is 12.6. The summed E-state index contributed by atoms with van der Waals surface area (Å²) in [6.45, 7) is 1.02. The zero-order valence-corrected chi connectivity index (χ0v) is 9.41. The second-order valence-corrected chi connectivity index (χ2v) is 3.38. The predicted molar refractivity (Wildman–Crippen MR) is 60.3 cm³/mol. The van der Waals surface area contributed by atoms with Gasteiger partial charge in [0.25, 0.3) is 0 Å². The van der Waals surface area contributed by atoms with E-state index >= 15 is 0 Å². The van der Waals surface area contributed by atoms with Crippen LogP contribution in [0.25, 0.3) is 0 Å². The number of para-hydroxylation sites is 1. The first-order valence-corrected chi connectivity index (χ1v) is 5.25. The molecule has 1 aromatic rings. The van der Waals surface area contributed by atoms with Crippen LogP contribution < -0.4 is 4.74 Å². The van der Waals surface area contributed by atoms with Gasteiger partial charge in [-0.2, -0.15) is 0 Å². The molecule has 0 saturated carbocycles. The highest BCUT2D eigenvalue weighted by Crippen LogP contribution is 2.07. The number of amides is 1. The van der Waals surface area contributed by atoms with Crippen LogP contribution in [0, 0.1) is 0 Å². The molecule has 82 valence electrons. The van der Waals surface area contributed by atoms with Crippen LogP contribution in [-0.4, -0.2) is 36.9 Å². The van der Waals surface area contributed by atoms with E-state index in [4.69, 9.17) is 16.3 Å². The molecule has 0 heterocycles. The molecule has 0 N–H and O–H groups in total. The Balaban J connectivity index is 2.25. The van der Waals surface area contributed by atoms with Gasteiger partial charge in [-0.15, -0.1) is 11.6 Å². The van der Waals surface area contributed by atoms with Gasteiger partial charge in [0.2, 0.25) is 5.91 Å². The van der Waals surface area contributed by atoms with Gasteiger partial charge in [-0.3, -0.25) is 4.79 Å². The summed E-state index contributed by atoms with van der Waals surface area (Å²) in [6.07, 6.45) is 0. The topological polar surface area (TPSA) is 29.5 Å². The largest absolute Gasteiger partial charge is 0.492 e. The molecule has 0 aromatic heterocycles. The standard InChI is InChI=1S/C11H14ClNO2/c1-13(11(14)9-12)7-8-15-10-5-3-2-4-6-10/h2-6H,7-9H2,1H3. The molecule has 0 aliphatic heterocycles. The molecule has 3 nitrogen and oxygen atoms in total. The van der Waals surface area contributed by atoms with Crippen LogP contribution >= 0.6 is 11.6 Å². The molecule has 1 rings (SSSR count). The van der Waals surface area contributed by atoms with Gasteiger partial charge in [0.15, 0.2) is 0 Å². The number of likely N-dealkylation sites (N-methyl/N-ethyl adjacent to an activating group) is 1. The molecular weight excluding hydrogens is 214 g/mol. The molecule has 0 fully saturated rings. The quantitative estimate of drug-likeness (QED) is 0.718. The number of hydrogen-bond donors (Lipinski definition) is 0. The van der Waals surface area contributed by atoms with Crippen molar-refractivity contribution in [3.8, 4) is 5.75 Å². The van der Waals surface area contributed by atoms with Gasteiger partial charge in [0.05, 0.1) is 6.54 Å². The molecule has 0 aliphatic rings. The van der Waals surface area contributed by atoms with Gasteiger partial charge in [-0.1, -0.05) is 18.2 Å². The lowest BCUT2D eigenvalue weighted by atomic mass is 10.3. The Hall–Kier alpha value is -1.22. The Labute approximate surface area is 94.6 Å². The van der Waals surface area contributed by atoms with E-state index in [0.717, 1.165) is 5.75 Å². The average molecular weight is 228 g/mol. The van der Waals surface area contributed by atoms with Crippen molar-refractivity contribution in [2.24, 2.45) is 0 Å². The fourth-order valence-corrected chi connectivity index (χ4v) is 1.25. The summed E-state index contributed by atoms with van der Waals surface area (Å²) >= 11 is 5.41. The summed E-state index contributed by atoms with van der Waals surface area (Å²) < 4.78 is 5.43. The Morgan fingerprint density at radius 3 is 2.67 bits per heavy atom. The number of benzene rings is 1. The van der Waals surface area contributed by atoms with Crippen molar-refractivity contribution in [2.75, 3.05) is 26.1 Å². The lowest BCUT2D eigenvalue weighted by molar-refractivity contribution is -0.127. The SMILES string of the molecule is CN(CCOc1ccccc1)C(=O)CCl.